The molecule has 1 aromatic carbocycles. The van der Waals surface area contributed by atoms with E-state index in [9.17, 15) is 4.79 Å². The van der Waals surface area contributed by atoms with Crippen molar-refractivity contribution in [3.63, 3.8) is 0 Å². The van der Waals surface area contributed by atoms with Gasteiger partial charge in [0.25, 0.3) is 0 Å². The monoisotopic (exact) mass is 327 g/mol. The molecule has 1 saturated carbocycles. The van der Waals surface area contributed by atoms with E-state index >= 15 is 0 Å². The minimum atomic E-state index is -0.110. The first kappa shape index (κ1) is 18.5. The predicted molar refractivity (Wildman–Crippen MR) is 95.6 cm³/mol. The highest BCUT2D eigenvalue weighted by atomic mass is 16.5. The molecule has 1 aliphatic rings. The highest BCUT2D eigenvalue weighted by Gasteiger charge is 2.27. The number of carbonyl (C=O) groups is 1. The van der Waals surface area contributed by atoms with Crippen molar-refractivity contribution in [2.75, 3.05) is 0 Å². The van der Waals surface area contributed by atoms with E-state index in [1.165, 1.54) is 38.5 Å². The molecule has 1 aromatic rings. The van der Waals surface area contributed by atoms with Gasteiger partial charge >= 0.3 is 5.97 Å². The van der Waals surface area contributed by atoms with Crippen molar-refractivity contribution in [1.82, 2.24) is 0 Å². The molecule has 24 heavy (non-hydrogen) atoms. The Hall–Kier alpha value is -1.82. The van der Waals surface area contributed by atoms with Crippen LogP contribution in [0.2, 0.25) is 0 Å². The molecule has 2 rings (SSSR count). The quantitative estimate of drug-likeness (QED) is 0.353. The van der Waals surface area contributed by atoms with E-state index in [2.05, 4.69) is 13.0 Å². The third kappa shape index (κ3) is 6.00. The molecule has 0 amide bonds. The highest BCUT2D eigenvalue weighted by molar-refractivity contribution is 5.75. The van der Waals surface area contributed by atoms with E-state index in [4.69, 9.17) is 10.00 Å². The van der Waals surface area contributed by atoms with Crippen molar-refractivity contribution < 1.29 is 9.53 Å². The summed E-state index contributed by atoms with van der Waals surface area (Å²) < 4.78 is 5.47. The SMILES string of the molecule is CCCCCCC[C@H]1CC[C@H](C(=O)Oc2ccc(C#N)cc2)CC1. The van der Waals surface area contributed by atoms with Gasteiger partial charge in [0, 0.05) is 0 Å². The first-order valence-electron chi connectivity index (χ1n) is 9.44. The number of carbonyl (C=O) groups excluding carboxylic acids is 1. The van der Waals surface area contributed by atoms with E-state index in [0.717, 1.165) is 31.6 Å². The molecule has 1 aliphatic carbocycles. The minimum Gasteiger partial charge on any atom is -0.426 e. The van der Waals surface area contributed by atoms with Gasteiger partial charge in [-0.2, -0.15) is 5.26 Å². The number of ether oxygens (including phenoxy) is 1. The van der Waals surface area contributed by atoms with Crippen molar-refractivity contribution in [1.29, 1.82) is 5.26 Å². The number of hydrogen-bond acceptors (Lipinski definition) is 3. The number of nitriles is 1. The van der Waals surface area contributed by atoms with Crippen molar-refractivity contribution in [2.45, 2.75) is 71.1 Å². The molecule has 3 nitrogen and oxygen atoms in total. The third-order valence-electron chi connectivity index (χ3n) is 5.10. The summed E-state index contributed by atoms with van der Waals surface area (Å²) in [6.07, 6.45) is 12.2. The van der Waals surface area contributed by atoms with Gasteiger partial charge < -0.3 is 4.74 Å². The number of unbranched alkanes of at least 4 members (excludes halogenated alkanes) is 4. The molecule has 0 N–H and O–H groups in total. The van der Waals surface area contributed by atoms with Crippen LogP contribution in [-0.2, 0) is 4.79 Å². The fourth-order valence-corrected chi connectivity index (χ4v) is 3.52. The zero-order valence-corrected chi connectivity index (χ0v) is 14.8. The number of nitrogens with zero attached hydrogens (tertiary/aromatic N) is 1. The second kappa shape index (κ2) is 10.1. The van der Waals surface area contributed by atoms with E-state index < -0.39 is 0 Å². The highest BCUT2D eigenvalue weighted by Crippen LogP contribution is 2.33. The minimum absolute atomic E-state index is 0.0389. The van der Waals surface area contributed by atoms with Crippen molar-refractivity contribution >= 4 is 5.97 Å². The Morgan fingerprint density at radius 3 is 2.38 bits per heavy atom. The van der Waals surface area contributed by atoms with Crippen LogP contribution >= 0.6 is 0 Å². The van der Waals surface area contributed by atoms with Crippen LogP contribution in [0.4, 0.5) is 0 Å². The van der Waals surface area contributed by atoms with Gasteiger partial charge in [-0.15, -0.1) is 0 Å². The Bertz CT molecular complexity index is 536. The summed E-state index contributed by atoms with van der Waals surface area (Å²) in [5.74, 6) is 1.26. The summed E-state index contributed by atoms with van der Waals surface area (Å²) in [7, 11) is 0. The largest absolute Gasteiger partial charge is 0.426 e. The standard InChI is InChI=1S/C21H29NO2/c1-2-3-4-5-6-7-17-8-12-19(13-9-17)21(23)24-20-14-10-18(16-22)11-15-20/h10-11,14-15,17,19H,2-9,12-13H2,1H3/t17-,19-. The summed E-state index contributed by atoms with van der Waals surface area (Å²) in [5.41, 5.74) is 0.578. The van der Waals surface area contributed by atoms with Gasteiger partial charge in [-0.25, -0.2) is 0 Å². The van der Waals surface area contributed by atoms with Crippen molar-refractivity contribution in [3.05, 3.63) is 29.8 Å². The van der Waals surface area contributed by atoms with Crippen molar-refractivity contribution in [3.8, 4) is 11.8 Å². The normalized spacial score (nSPS) is 20.3. The van der Waals surface area contributed by atoms with E-state index in [1.54, 1.807) is 24.3 Å². The van der Waals surface area contributed by atoms with Crippen LogP contribution in [0.25, 0.3) is 0 Å². The molecule has 0 atom stereocenters. The molecule has 0 bridgehead atoms. The zero-order valence-electron chi connectivity index (χ0n) is 14.8. The second-order valence-corrected chi connectivity index (χ2v) is 6.98. The van der Waals surface area contributed by atoms with Gasteiger partial charge in [-0.3, -0.25) is 4.79 Å². The fourth-order valence-electron chi connectivity index (χ4n) is 3.52. The lowest BCUT2D eigenvalue weighted by Crippen LogP contribution is -2.25. The molecule has 0 aromatic heterocycles. The lowest BCUT2D eigenvalue weighted by molar-refractivity contribution is -0.140. The van der Waals surface area contributed by atoms with Gasteiger partial charge in [-0.1, -0.05) is 45.4 Å². The van der Waals surface area contributed by atoms with Gasteiger partial charge in [-0.05, 0) is 55.9 Å². The van der Waals surface area contributed by atoms with Gasteiger partial charge in [0.15, 0.2) is 0 Å². The van der Waals surface area contributed by atoms with Crippen LogP contribution in [-0.4, -0.2) is 5.97 Å². The molecule has 0 heterocycles. The maximum atomic E-state index is 12.3. The number of hydrogen-bond donors (Lipinski definition) is 0. The molecule has 130 valence electrons. The first-order chi connectivity index (χ1) is 11.7. The van der Waals surface area contributed by atoms with Crippen LogP contribution in [0.5, 0.6) is 5.75 Å². The summed E-state index contributed by atoms with van der Waals surface area (Å²) in [4.78, 5) is 12.3. The Balaban J connectivity index is 1.67. The van der Waals surface area contributed by atoms with Crippen LogP contribution in [0.3, 0.4) is 0 Å². The molecule has 0 aliphatic heterocycles. The average Bonchev–Trinajstić information content (AvgIpc) is 2.62. The third-order valence-corrected chi connectivity index (χ3v) is 5.10. The zero-order chi connectivity index (χ0) is 17.2. The number of esters is 1. The average molecular weight is 327 g/mol. The second-order valence-electron chi connectivity index (χ2n) is 6.98. The van der Waals surface area contributed by atoms with Crippen LogP contribution in [0.15, 0.2) is 24.3 Å². The molecule has 3 heteroatoms. The Labute approximate surface area is 146 Å². The Morgan fingerprint density at radius 2 is 1.75 bits per heavy atom. The summed E-state index contributed by atoms with van der Waals surface area (Å²) in [6, 6.07) is 8.81. The molecule has 1 fully saturated rings. The lowest BCUT2D eigenvalue weighted by atomic mass is 9.80. The number of rotatable bonds is 8. The molecular formula is C21H29NO2. The predicted octanol–water partition coefficient (Wildman–Crippen LogP) is 5.63. The van der Waals surface area contributed by atoms with Crippen LogP contribution < -0.4 is 4.74 Å². The van der Waals surface area contributed by atoms with Gasteiger partial charge in [0.2, 0.25) is 0 Å². The smallest absolute Gasteiger partial charge is 0.314 e. The number of benzene rings is 1. The topological polar surface area (TPSA) is 50.1 Å². The van der Waals surface area contributed by atoms with Crippen LogP contribution in [0, 0.1) is 23.2 Å². The van der Waals surface area contributed by atoms with Gasteiger partial charge in [0.05, 0.1) is 17.6 Å². The maximum absolute atomic E-state index is 12.3. The van der Waals surface area contributed by atoms with E-state index in [1.807, 2.05) is 0 Å². The molecular weight excluding hydrogens is 298 g/mol. The lowest BCUT2D eigenvalue weighted by Gasteiger charge is -2.27. The van der Waals surface area contributed by atoms with Gasteiger partial charge in [0.1, 0.15) is 5.75 Å². The molecule has 0 radical (unpaired) electrons. The van der Waals surface area contributed by atoms with E-state index in [0.29, 0.717) is 11.3 Å². The molecule has 0 saturated heterocycles. The summed E-state index contributed by atoms with van der Waals surface area (Å²) >= 11 is 0. The molecule has 0 spiro atoms. The fraction of sp³-hybridized carbons (Fsp3) is 0.619. The van der Waals surface area contributed by atoms with Crippen LogP contribution in [0.1, 0.15) is 76.7 Å². The Morgan fingerprint density at radius 1 is 1.08 bits per heavy atom. The molecule has 0 unspecified atom stereocenters. The van der Waals surface area contributed by atoms with Crippen molar-refractivity contribution in [2.24, 2.45) is 11.8 Å². The summed E-state index contributed by atoms with van der Waals surface area (Å²) in [5, 5.41) is 8.79. The van der Waals surface area contributed by atoms with E-state index in [-0.39, 0.29) is 11.9 Å². The Kier molecular flexibility index (Phi) is 7.82. The first-order valence-corrected chi connectivity index (χ1v) is 9.44. The summed E-state index contributed by atoms with van der Waals surface area (Å²) in [6.45, 7) is 2.25. The maximum Gasteiger partial charge on any atom is 0.314 e.